The van der Waals surface area contributed by atoms with E-state index in [2.05, 4.69) is 30.2 Å². The van der Waals surface area contributed by atoms with Gasteiger partial charge in [-0.25, -0.2) is 0 Å². The molecule has 0 saturated heterocycles. The van der Waals surface area contributed by atoms with Gasteiger partial charge in [0.15, 0.2) is 0 Å². The molecule has 0 bridgehead atoms. The van der Waals surface area contributed by atoms with E-state index in [1.807, 2.05) is 12.1 Å². The number of carbonyl (C=O) groups is 1. The average Bonchev–Trinajstić information content (AvgIpc) is 2.55. The second-order valence-corrected chi connectivity index (χ2v) is 5.48. The van der Waals surface area contributed by atoms with Gasteiger partial charge in [-0.2, -0.15) is 0 Å². The molecule has 1 heterocycles. The summed E-state index contributed by atoms with van der Waals surface area (Å²) < 4.78 is 5.39. The lowest BCUT2D eigenvalue weighted by Crippen LogP contribution is -2.25. The molecule has 0 atom stereocenters. The highest BCUT2D eigenvalue weighted by molar-refractivity contribution is 5.93. The average molecular weight is 335 g/mol. The van der Waals surface area contributed by atoms with Crippen LogP contribution in [0.5, 0.6) is 5.75 Å². The molecule has 1 N–H and O–H groups in total. The van der Waals surface area contributed by atoms with Crippen LogP contribution in [0, 0.1) is 0 Å². The first-order valence-electron chi connectivity index (χ1n) is 7.47. The zero-order chi connectivity index (χ0) is 15.9. The summed E-state index contributed by atoms with van der Waals surface area (Å²) in [5.41, 5.74) is 2.97. The Morgan fingerprint density at radius 1 is 1.30 bits per heavy atom. The van der Waals surface area contributed by atoms with E-state index in [0.717, 1.165) is 12.2 Å². The van der Waals surface area contributed by atoms with Crippen LogP contribution >= 0.6 is 12.4 Å². The third kappa shape index (κ3) is 5.25. The second-order valence-electron chi connectivity index (χ2n) is 5.48. The normalized spacial score (nSPS) is 10.1. The van der Waals surface area contributed by atoms with Crippen LogP contribution in [0.4, 0.5) is 0 Å². The van der Waals surface area contributed by atoms with Gasteiger partial charge in [0.1, 0.15) is 5.75 Å². The molecule has 0 saturated carbocycles. The third-order valence-corrected chi connectivity index (χ3v) is 3.54. The van der Waals surface area contributed by atoms with Gasteiger partial charge in [-0.15, -0.1) is 12.4 Å². The second kappa shape index (κ2) is 9.16. The summed E-state index contributed by atoms with van der Waals surface area (Å²) in [6.45, 7) is 4.88. The highest BCUT2D eigenvalue weighted by atomic mass is 35.5. The van der Waals surface area contributed by atoms with Gasteiger partial charge in [-0.05, 0) is 41.7 Å². The molecule has 23 heavy (non-hydrogen) atoms. The Balaban J connectivity index is 0.00000264. The minimum Gasteiger partial charge on any atom is -0.496 e. The quantitative estimate of drug-likeness (QED) is 0.878. The Labute approximate surface area is 143 Å². The number of nitrogens with one attached hydrogen (secondary N) is 1. The van der Waals surface area contributed by atoms with Gasteiger partial charge >= 0.3 is 0 Å². The smallest absolute Gasteiger partial charge is 0.252 e. The van der Waals surface area contributed by atoms with Crippen molar-refractivity contribution in [2.45, 2.75) is 26.2 Å². The Morgan fingerprint density at radius 3 is 2.70 bits per heavy atom. The van der Waals surface area contributed by atoms with Gasteiger partial charge in [0.2, 0.25) is 0 Å². The van der Waals surface area contributed by atoms with E-state index in [0.29, 0.717) is 18.0 Å². The number of hydrogen-bond acceptors (Lipinski definition) is 3. The molecule has 1 aromatic carbocycles. The van der Waals surface area contributed by atoms with Crippen LogP contribution < -0.4 is 10.1 Å². The van der Waals surface area contributed by atoms with Gasteiger partial charge in [-0.3, -0.25) is 9.78 Å². The molecule has 4 nitrogen and oxygen atoms in total. The van der Waals surface area contributed by atoms with Crippen LogP contribution in [0.2, 0.25) is 0 Å². The fourth-order valence-electron chi connectivity index (χ4n) is 2.31. The Hall–Kier alpha value is -2.07. The monoisotopic (exact) mass is 334 g/mol. The van der Waals surface area contributed by atoms with E-state index in [-0.39, 0.29) is 18.3 Å². The number of pyridine rings is 1. The lowest BCUT2D eigenvalue weighted by Gasteiger charge is -2.13. The van der Waals surface area contributed by atoms with Crippen molar-refractivity contribution < 1.29 is 9.53 Å². The molecule has 0 fully saturated rings. The maximum Gasteiger partial charge on any atom is 0.252 e. The largest absolute Gasteiger partial charge is 0.496 e. The number of halogens is 1. The topological polar surface area (TPSA) is 51.2 Å². The molecule has 5 heteroatoms. The van der Waals surface area contributed by atoms with Gasteiger partial charge < -0.3 is 10.1 Å². The molecule has 0 aliphatic carbocycles. The van der Waals surface area contributed by atoms with Crippen molar-refractivity contribution in [3.05, 3.63) is 59.4 Å². The van der Waals surface area contributed by atoms with Crippen molar-refractivity contribution in [1.29, 1.82) is 0 Å². The van der Waals surface area contributed by atoms with Gasteiger partial charge in [0.25, 0.3) is 5.91 Å². The lowest BCUT2D eigenvalue weighted by atomic mass is 9.98. The van der Waals surface area contributed by atoms with Crippen LogP contribution in [-0.2, 0) is 6.42 Å². The van der Waals surface area contributed by atoms with Crippen LogP contribution in [0.15, 0.2) is 42.7 Å². The van der Waals surface area contributed by atoms with E-state index < -0.39 is 0 Å². The van der Waals surface area contributed by atoms with Crippen molar-refractivity contribution in [3.8, 4) is 5.75 Å². The third-order valence-electron chi connectivity index (χ3n) is 3.54. The van der Waals surface area contributed by atoms with Crippen LogP contribution in [0.3, 0.4) is 0 Å². The molecule has 0 spiro atoms. The first-order valence-corrected chi connectivity index (χ1v) is 7.47. The SMILES string of the molecule is COc1ccc(CCNC(=O)c2cccnc2)cc1C(C)C.Cl. The maximum atomic E-state index is 11.9. The first kappa shape index (κ1) is 19.0. The standard InChI is InChI=1S/C18H22N2O2.ClH/c1-13(2)16-11-14(6-7-17(16)22-3)8-10-20-18(21)15-5-4-9-19-12-15;/h4-7,9,11-13H,8,10H2,1-3H3,(H,20,21);1H. The van der Waals surface area contributed by atoms with Crippen molar-refractivity contribution in [1.82, 2.24) is 10.3 Å². The number of amides is 1. The van der Waals surface area contributed by atoms with E-state index in [9.17, 15) is 4.79 Å². The highest BCUT2D eigenvalue weighted by Gasteiger charge is 2.09. The zero-order valence-corrected chi connectivity index (χ0v) is 14.5. The summed E-state index contributed by atoms with van der Waals surface area (Å²) in [5.74, 6) is 1.23. The Morgan fingerprint density at radius 2 is 2.09 bits per heavy atom. The molecular formula is C18H23ClN2O2. The predicted molar refractivity (Wildman–Crippen MR) is 94.6 cm³/mol. The fourth-order valence-corrected chi connectivity index (χ4v) is 2.31. The van der Waals surface area contributed by atoms with Crippen molar-refractivity contribution in [2.75, 3.05) is 13.7 Å². The highest BCUT2D eigenvalue weighted by Crippen LogP contribution is 2.27. The number of benzene rings is 1. The van der Waals surface area contributed by atoms with E-state index in [1.165, 1.54) is 11.1 Å². The molecule has 2 aromatic rings. The Kier molecular flexibility index (Phi) is 7.55. The fraction of sp³-hybridized carbons (Fsp3) is 0.333. The summed E-state index contributed by atoms with van der Waals surface area (Å²) in [6, 6.07) is 9.70. The molecule has 1 aromatic heterocycles. The summed E-state index contributed by atoms with van der Waals surface area (Å²) in [5, 5.41) is 2.91. The molecule has 0 aliphatic rings. The summed E-state index contributed by atoms with van der Waals surface area (Å²) in [6.07, 6.45) is 4.01. The van der Waals surface area contributed by atoms with Gasteiger partial charge in [-0.1, -0.05) is 26.0 Å². The zero-order valence-electron chi connectivity index (χ0n) is 13.7. The number of carbonyl (C=O) groups excluding carboxylic acids is 1. The van der Waals surface area contributed by atoms with Crippen LogP contribution in [-0.4, -0.2) is 24.5 Å². The minimum absolute atomic E-state index is 0. The molecule has 1 amide bonds. The van der Waals surface area contributed by atoms with Crippen molar-refractivity contribution in [3.63, 3.8) is 0 Å². The van der Waals surface area contributed by atoms with E-state index >= 15 is 0 Å². The Bertz CT molecular complexity index is 630. The number of methoxy groups -OCH3 is 1. The first-order chi connectivity index (χ1) is 10.6. The van der Waals surface area contributed by atoms with Crippen molar-refractivity contribution in [2.24, 2.45) is 0 Å². The van der Waals surface area contributed by atoms with Gasteiger partial charge in [0.05, 0.1) is 12.7 Å². The maximum absolute atomic E-state index is 11.9. The number of rotatable bonds is 6. The molecule has 124 valence electrons. The van der Waals surface area contributed by atoms with Crippen LogP contribution in [0.25, 0.3) is 0 Å². The summed E-state index contributed by atoms with van der Waals surface area (Å²) in [7, 11) is 1.69. The number of ether oxygens (including phenoxy) is 1. The van der Waals surface area contributed by atoms with E-state index in [1.54, 1.807) is 31.6 Å². The van der Waals surface area contributed by atoms with Crippen LogP contribution in [0.1, 0.15) is 41.3 Å². The molecule has 0 unspecified atom stereocenters. The summed E-state index contributed by atoms with van der Waals surface area (Å²) >= 11 is 0. The molecule has 0 aliphatic heterocycles. The number of hydrogen-bond donors (Lipinski definition) is 1. The molecule has 2 rings (SSSR count). The number of nitrogens with zero attached hydrogens (tertiary/aromatic N) is 1. The molecular weight excluding hydrogens is 312 g/mol. The number of aromatic nitrogens is 1. The molecule has 0 radical (unpaired) electrons. The van der Waals surface area contributed by atoms with Gasteiger partial charge in [0, 0.05) is 18.9 Å². The predicted octanol–water partition coefficient (Wildman–Crippen LogP) is 3.61. The summed E-state index contributed by atoms with van der Waals surface area (Å²) in [4.78, 5) is 15.9. The van der Waals surface area contributed by atoms with Crippen molar-refractivity contribution >= 4 is 18.3 Å². The van der Waals surface area contributed by atoms with E-state index in [4.69, 9.17) is 4.74 Å². The minimum atomic E-state index is -0.0919. The lowest BCUT2D eigenvalue weighted by molar-refractivity contribution is 0.0954.